The molecular weight excluding hydrogens is 385 g/mol. The number of hydrogen-bond donors (Lipinski definition) is 5. The highest BCUT2D eigenvalue weighted by molar-refractivity contribution is 6.47. The van der Waals surface area contributed by atoms with Crippen LogP contribution in [0.15, 0.2) is 12.1 Å². The van der Waals surface area contributed by atoms with E-state index < -0.39 is 37.3 Å². The molecule has 0 amide bonds. The summed E-state index contributed by atoms with van der Waals surface area (Å²) in [5.74, 6) is 0.153. The van der Waals surface area contributed by atoms with Gasteiger partial charge in [-0.05, 0) is 6.07 Å². The Labute approximate surface area is 151 Å². The van der Waals surface area contributed by atoms with Crippen molar-refractivity contribution >= 4 is 45.7 Å². The molecule has 1 aliphatic heterocycles. The van der Waals surface area contributed by atoms with Gasteiger partial charge in [-0.3, -0.25) is 0 Å². The Morgan fingerprint density at radius 3 is 2.42 bits per heavy atom. The zero-order valence-electron chi connectivity index (χ0n) is 12.0. The van der Waals surface area contributed by atoms with E-state index in [1.54, 1.807) is 0 Å². The second-order valence-electron chi connectivity index (χ2n) is 5.39. The van der Waals surface area contributed by atoms with Crippen LogP contribution in [0.1, 0.15) is 0 Å². The van der Waals surface area contributed by atoms with Crippen LogP contribution in [0.2, 0.25) is 15.1 Å². The lowest BCUT2D eigenvalue weighted by molar-refractivity contribution is -0.278. The molecule has 0 bridgehead atoms. The van der Waals surface area contributed by atoms with Gasteiger partial charge >= 0.3 is 0 Å². The predicted octanol–water partition coefficient (Wildman–Crippen LogP) is 1.31. The third-order valence-corrected chi connectivity index (χ3v) is 4.92. The maximum absolute atomic E-state index is 9.98. The molecule has 1 aromatic carbocycles. The lowest BCUT2D eigenvalue weighted by Gasteiger charge is -2.39. The first-order valence-corrected chi connectivity index (χ1v) is 8.10. The van der Waals surface area contributed by atoms with E-state index in [0.717, 1.165) is 0 Å². The van der Waals surface area contributed by atoms with E-state index in [2.05, 4.69) is 4.98 Å². The van der Waals surface area contributed by atoms with Crippen LogP contribution in [-0.4, -0.2) is 62.7 Å². The zero-order valence-corrected chi connectivity index (χ0v) is 14.3. The highest BCUT2D eigenvalue weighted by Crippen LogP contribution is 2.38. The van der Waals surface area contributed by atoms with Crippen molar-refractivity contribution in [3.8, 4) is 5.88 Å². The Hall–Kier alpha value is -0.770. The number of aliphatic hydroxyl groups excluding tert-OH is 4. The summed E-state index contributed by atoms with van der Waals surface area (Å²) in [4.78, 5) is 2.85. The van der Waals surface area contributed by atoms with Crippen molar-refractivity contribution in [2.45, 2.75) is 30.7 Å². The quantitative estimate of drug-likeness (QED) is 0.498. The lowest BCUT2D eigenvalue weighted by atomic mass is 9.99. The summed E-state index contributed by atoms with van der Waals surface area (Å²) in [6, 6.07) is 3.01. The van der Waals surface area contributed by atoms with Crippen molar-refractivity contribution in [1.29, 1.82) is 0 Å². The Kier molecular flexibility index (Phi) is 5.15. The second kappa shape index (κ2) is 6.86. The Balaban J connectivity index is 1.89. The van der Waals surface area contributed by atoms with Crippen LogP contribution in [0.3, 0.4) is 0 Å². The molecule has 0 saturated carbocycles. The van der Waals surface area contributed by atoms with Gasteiger partial charge in [0.25, 0.3) is 0 Å². The Morgan fingerprint density at radius 1 is 1.04 bits per heavy atom. The van der Waals surface area contributed by atoms with Crippen molar-refractivity contribution < 1.29 is 29.9 Å². The normalized spacial score (nSPS) is 30.7. The van der Waals surface area contributed by atoms with E-state index in [0.29, 0.717) is 15.9 Å². The van der Waals surface area contributed by atoms with Crippen molar-refractivity contribution in [2.75, 3.05) is 6.61 Å². The molecule has 0 spiro atoms. The van der Waals surface area contributed by atoms with Crippen LogP contribution < -0.4 is 4.74 Å². The minimum absolute atomic E-state index is 0.153. The summed E-state index contributed by atoms with van der Waals surface area (Å²) in [6.07, 6.45) is -6.91. The average molecular weight is 399 g/mol. The zero-order chi connectivity index (χ0) is 17.6. The van der Waals surface area contributed by atoms with E-state index in [1.807, 2.05) is 0 Å². The van der Waals surface area contributed by atoms with Crippen molar-refractivity contribution in [3.05, 3.63) is 27.2 Å². The van der Waals surface area contributed by atoms with Crippen molar-refractivity contribution in [3.63, 3.8) is 0 Å². The standard InChI is InChI=1S/C14H14Cl3NO6/c15-5-2-6(16)9(17)10-4(5)1-8(18-10)24-14-13(22)12(21)11(20)7(3-19)23-14/h1-2,7,11-14,18-22H,3H2/t7-,11+,12+,13-,14+/m1/s1. The SMILES string of the molecule is OC[C@H]1O[C@@H](Oc2cc3c(Cl)cc(Cl)c(Cl)c3[nH]2)[C@H](O)[C@@H](O)[C@H]1O. The fraction of sp³-hybridized carbons (Fsp3) is 0.429. The molecule has 2 aromatic rings. The van der Waals surface area contributed by atoms with Gasteiger partial charge < -0.3 is 34.9 Å². The van der Waals surface area contributed by atoms with Crippen molar-refractivity contribution in [2.24, 2.45) is 0 Å². The first-order chi connectivity index (χ1) is 11.3. The summed E-state index contributed by atoms with van der Waals surface area (Å²) in [6.45, 7) is -0.551. The molecule has 1 saturated heterocycles. The van der Waals surface area contributed by atoms with Crippen LogP contribution in [-0.2, 0) is 4.74 Å². The fourth-order valence-electron chi connectivity index (χ4n) is 2.52. The van der Waals surface area contributed by atoms with Gasteiger partial charge in [0.1, 0.15) is 24.4 Å². The molecule has 132 valence electrons. The number of hydrogen-bond acceptors (Lipinski definition) is 6. The number of aromatic amines is 1. The third-order valence-electron chi connectivity index (χ3n) is 3.82. The maximum atomic E-state index is 9.98. The van der Waals surface area contributed by atoms with Crippen LogP contribution in [0.5, 0.6) is 5.88 Å². The largest absolute Gasteiger partial charge is 0.447 e. The monoisotopic (exact) mass is 397 g/mol. The summed E-state index contributed by atoms with van der Waals surface area (Å²) in [7, 11) is 0. The number of H-pyrrole nitrogens is 1. The molecule has 0 unspecified atom stereocenters. The maximum Gasteiger partial charge on any atom is 0.230 e. The molecule has 0 radical (unpaired) electrons. The Bertz CT molecular complexity index is 752. The molecular formula is C14H14Cl3NO6. The molecule has 5 N–H and O–H groups in total. The second-order valence-corrected chi connectivity index (χ2v) is 6.58. The summed E-state index contributed by atoms with van der Waals surface area (Å²) >= 11 is 18.2. The topological polar surface area (TPSA) is 115 Å². The van der Waals surface area contributed by atoms with Crippen molar-refractivity contribution in [1.82, 2.24) is 4.98 Å². The highest BCUT2D eigenvalue weighted by atomic mass is 35.5. The first kappa shape index (κ1) is 18.0. The van der Waals surface area contributed by atoms with E-state index in [9.17, 15) is 20.4 Å². The smallest absolute Gasteiger partial charge is 0.230 e. The number of halogens is 3. The first-order valence-electron chi connectivity index (χ1n) is 6.97. The number of rotatable bonds is 3. The molecule has 0 aliphatic carbocycles. The summed E-state index contributed by atoms with van der Waals surface area (Å²) in [5, 5.41) is 40.1. The van der Waals surface area contributed by atoms with Gasteiger partial charge in [0.05, 0.1) is 27.2 Å². The number of fused-ring (bicyclic) bond motifs is 1. The van der Waals surface area contributed by atoms with Crippen LogP contribution in [0, 0.1) is 0 Å². The van der Waals surface area contributed by atoms with Gasteiger partial charge in [0.15, 0.2) is 5.88 Å². The van der Waals surface area contributed by atoms with E-state index in [4.69, 9.17) is 44.3 Å². The molecule has 24 heavy (non-hydrogen) atoms. The van der Waals surface area contributed by atoms with Gasteiger partial charge in [-0.2, -0.15) is 0 Å². The van der Waals surface area contributed by atoms with E-state index in [-0.39, 0.29) is 15.9 Å². The summed E-state index contributed by atoms with van der Waals surface area (Å²) < 4.78 is 10.8. The lowest BCUT2D eigenvalue weighted by Crippen LogP contribution is -2.60. The number of nitrogens with one attached hydrogen (secondary N) is 1. The highest BCUT2D eigenvalue weighted by Gasteiger charge is 2.44. The molecule has 10 heteroatoms. The van der Waals surface area contributed by atoms with Crippen LogP contribution in [0.25, 0.3) is 10.9 Å². The number of ether oxygens (including phenoxy) is 2. The molecule has 3 rings (SSSR count). The number of aromatic nitrogens is 1. The third kappa shape index (κ3) is 3.07. The van der Waals surface area contributed by atoms with E-state index >= 15 is 0 Å². The van der Waals surface area contributed by atoms with Gasteiger partial charge in [0.2, 0.25) is 6.29 Å². The van der Waals surface area contributed by atoms with Crippen LogP contribution >= 0.6 is 34.8 Å². The molecule has 1 fully saturated rings. The number of benzene rings is 1. The minimum Gasteiger partial charge on any atom is -0.447 e. The predicted molar refractivity (Wildman–Crippen MR) is 87.7 cm³/mol. The molecule has 2 heterocycles. The Morgan fingerprint density at radius 2 is 1.75 bits per heavy atom. The number of aliphatic hydroxyl groups is 4. The van der Waals surface area contributed by atoms with Gasteiger partial charge in [-0.1, -0.05) is 34.8 Å². The molecule has 5 atom stereocenters. The average Bonchev–Trinajstić information content (AvgIpc) is 2.98. The van der Waals surface area contributed by atoms with E-state index in [1.165, 1.54) is 12.1 Å². The minimum atomic E-state index is -1.54. The molecule has 1 aromatic heterocycles. The van der Waals surface area contributed by atoms with Gasteiger partial charge in [-0.15, -0.1) is 0 Å². The van der Waals surface area contributed by atoms with Gasteiger partial charge in [-0.25, -0.2) is 0 Å². The fourth-order valence-corrected chi connectivity index (χ4v) is 3.24. The molecule has 1 aliphatic rings. The van der Waals surface area contributed by atoms with Gasteiger partial charge in [0, 0.05) is 11.5 Å². The summed E-state index contributed by atoms with van der Waals surface area (Å²) in [5.41, 5.74) is 0.439. The molecule has 7 nitrogen and oxygen atoms in total. The van der Waals surface area contributed by atoms with Crippen LogP contribution in [0.4, 0.5) is 0 Å².